The lowest BCUT2D eigenvalue weighted by atomic mass is 9.96. The third-order valence-electron chi connectivity index (χ3n) is 23.3. The van der Waals surface area contributed by atoms with E-state index in [0.29, 0.717) is 74.7 Å². The highest BCUT2D eigenvalue weighted by Crippen LogP contribution is 2.40. The van der Waals surface area contributed by atoms with E-state index in [1.807, 2.05) is 36.8 Å². The summed E-state index contributed by atoms with van der Waals surface area (Å²) in [6.07, 6.45) is 41.4. The number of nitrogens with zero attached hydrogens (tertiary/aromatic N) is 3. The Morgan fingerprint density at radius 1 is 0.475 bits per heavy atom. The summed E-state index contributed by atoms with van der Waals surface area (Å²) in [5, 5.41) is 36.6. The Balaban J connectivity index is 0.000000131. The lowest BCUT2D eigenvalue weighted by Gasteiger charge is -2.09. The molecule has 0 saturated carbocycles. The van der Waals surface area contributed by atoms with Crippen molar-refractivity contribution in [3.05, 3.63) is 323 Å². The van der Waals surface area contributed by atoms with Gasteiger partial charge in [-0.05, 0) is 351 Å². The van der Waals surface area contributed by atoms with Gasteiger partial charge in [0.15, 0.2) is 10.6 Å². The maximum atomic E-state index is 13.1. The van der Waals surface area contributed by atoms with Crippen molar-refractivity contribution in [2.45, 2.75) is 190 Å². The van der Waals surface area contributed by atoms with Gasteiger partial charge in [-0.2, -0.15) is 28.8 Å². The first-order chi connectivity index (χ1) is 58.2. The summed E-state index contributed by atoms with van der Waals surface area (Å²) in [7, 11) is 0. The highest BCUT2D eigenvalue weighted by Gasteiger charge is 2.31. The number of carboxylic acids is 2. The number of aryl methyl sites for hydroxylation is 7. The number of aromatic nitrogens is 6. The number of aliphatic hydroxyl groups excluding tert-OH is 1. The monoisotopic (exact) mass is 1690 g/mol. The Morgan fingerprint density at radius 2 is 0.858 bits per heavy atom. The van der Waals surface area contributed by atoms with Crippen molar-refractivity contribution in [3.8, 4) is 6.07 Å². The van der Waals surface area contributed by atoms with E-state index in [-0.39, 0.29) is 59.0 Å². The minimum absolute atomic E-state index is 0.124. The maximum Gasteiger partial charge on any atom is 0.310 e. The number of benzene rings is 7. The highest BCUT2D eigenvalue weighted by molar-refractivity contribution is 8.16. The average molecular weight is 1700 g/mol. The third-order valence-corrected chi connectivity index (χ3v) is 26.0. The molecule has 4 heterocycles. The molecule has 10 aliphatic rings. The second-order valence-electron chi connectivity index (χ2n) is 31.5. The number of carboxylic acid groups (broad SMARTS) is 2. The largest absolute Gasteiger partial charge is 0.481 e. The van der Waals surface area contributed by atoms with Crippen molar-refractivity contribution < 1.29 is 65.2 Å². The normalized spacial score (nSPS) is 19.1. The lowest BCUT2D eigenvalue weighted by molar-refractivity contribution is -0.139. The zero-order valence-electron chi connectivity index (χ0n) is 67.0. The van der Waals surface area contributed by atoms with Crippen LogP contribution in [0.2, 0.25) is 0 Å². The number of thioether (sulfide) groups is 2. The summed E-state index contributed by atoms with van der Waals surface area (Å²) in [5.74, 6) is 1.97. The molecule has 0 spiro atoms. The molecule has 1 saturated heterocycles. The van der Waals surface area contributed by atoms with E-state index in [2.05, 4.69) is 83.8 Å². The molecule has 9 aliphatic carbocycles. The second-order valence-corrected chi connectivity index (χ2v) is 34.5. The van der Waals surface area contributed by atoms with Crippen LogP contribution in [0.4, 0.5) is 30.7 Å². The van der Waals surface area contributed by atoms with Gasteiger partial charge in [-0.25, -0.2) is 40.7 Å². The van der Waals surface area contributed by atoms with Gasteiger partial charge in [0.2, 0.25) is 0 Å². The molecule has 7 aromatic carbocycles. The van der Waals surface area contributed by atoms with Crippen LogP contribution in [-0.2, 0) is 78.6 Å². The number of H-pyrrole nitrogens is 4. The minimum Gasteiger partial charge on any atom is -0.481 e. The van der Waals surface area contributed by atoms with Crippen LogP contribution in [0.15, 0.2) is 183 Å². The van der Waals surface area contributed by atoms with Gasteiger partial charge in [0.1, 0.15) is 47.0 Å². The predicted molar refractivity (Wildman–Crippen MR) is 459 cm³/mol. The standard InChI is InChI=1S/C13H13FN2.C11H10FN.C11H11FO.2C10H9FO2.C10H11FO.C9H7FO.C9H12N2S.C9H12N2.C4H8S2/c14-11-3-4-13-9(5-11)1-2-10(13)6-12-7-15-8-16-12;2*12-10-3-4-11-8(5-6-13)1-2-9(11)7-10;2*11-7-2-4-8-6(5-7)1-3-9(8)10(12)13;11-9-3-4-10-7(5-9)1-2-8(10)6-12;10-7-2-3-8-6(5-7)1-4-9(8)11;12-9-10-6-8(11-9)5-7-3-1-2-4-7;1-2-4-8(3-1)5-9-6-10-7-11-9;1-2-5-4-6-3-1/h3-5,7-8,10H,1-2,6H2,(H,15,16);3-4,7-8H,1-2,5H2;3-4,6-8H,1-2,5H2;2*2,4-5,9H,1,3H2,(H,12,13);3-5,8,12H,1-2,6H2;2-3,5H,1,4H2;1-2,6-7H,3-5H2,(H2,10,11,12);1-2,6-8H,3-5H2,(H,10,11);1-4H2/t10-;2*8-;9-;;8-;;;;/m1110.1..../s1. The number of halogens is 7. The molecule has 7 N–H and O–H groups in total. The number of nitriles is 1. The number of aliphatic hydroxyl groups is 1. The Morgan fingerprint density at radius 3 is 1.26 bits per heavy atom. The molecule has 1 unspecified atom stereocenters. The molecule has 0 radical (unpaired) electrons. The number of rotatable bonds is 12. The van der Waals surface area contributed by atoms with E-state index in [0.717, 1.165) is 155 Å². The fraction of sp³-hybridized carbons (Fsp3) is 0.375. The molecular weight excluding hydrogens is 1590 g/mol. The van der Waals surface area contributed by atoms with Gasteiger partial charge >= 0.3 is 11.9 Å². The Kier molecular flexibility index (Phi) is 34.7. The maximum absolute atomic E-state index is 13.1. The van der Waals surface area contributed by atoms with Crippen LogP contribution in [-0.4, -0.2) is 92.4 Å². The van der Waals surface area contributed by atoms with Crippen LogP contribution in [0.5, 0.6) is 0 Å². The number of carbonyl (C=O) groups is 4. The van der Waals surface area contributed by atoms with Gasteiger partial charge in [-0.1, -0.05) is 60.7 Å². The Bertz CT molecular complexity index is 5120. The van der Waals surface area contributed by atoms with E-state index >= 15 is 0 Å². The molecule has 0 amide bonds. The van der Waals surface area contributed by atoms with Crippen molar-refractivity contribution in [1.29, 1.82) is 5.26 Å². The summed E-state index contributed by atoms with van der Waals surface area (Å²) in [6.45, 7) is 0.179. The highest BCUT2D eigenvalue weighted by atomic mass is 32.2. The fourth-order valence-corrected chi connectivity index (χ4v) is 19.7. The zero-order chi connectivity index (χ0) is 84.9. The number of Topliss-reactive ketones (excluding diaryl/α,β-unsaturated/α-hetero) is 1. The van der Waals surface area contributed by atoms with Crippen LogP contribution < -0.4 is 0 Å². The van der Waals surface area contributed by atoms with Crippen molar-refractivity contribution in [2.24, 2.45) is 11.8 Å². The Labute approximate surface area is 709 Å². The van der Waals surface area contributed by atoms with Crippen LogP contribution in [0.25, 0.3) is 0 Å². The first kappa shape index (κ1) is 90.6. The first-order valence-electron chi connectivity index (χ1n) is 41.2. The predicted octanol–water partition coefficient (Wildman–Crippen LogP) is 22.0. The molecule has 630 valence electrons. The summed E-state index contributed by atoms with van der Waals surface area (Å²) < 4.78 is 90.2. The fourth-order valence-electron chi connectivity index (χ4n) is 17.2. The summed E-state index contributed by atoms with van der Waals surface area (Å²) in [4.78, 5) is 63.3. The molecule has 0 bridgehead atoms. The SMILES string of the molecule is C1=CCC(Cc2cnc[nH]2)C1.C1CSCSC1.Fc1ccc2c(c1)CC[C@@H]2Cc1cnc[nH]1.N#CC[C@H]1CCc2cc(F)ccc21.O=C(O)C1CCc2cc(F)ccc21.O=C(O)[C@H]1CCc2cc(F)ccc21.O=C1CCc2cc(F)ccc21.O=CC[C@H]1CCc2cc(F)ccc21.OC[C@H]1CCc2cc(F)ccc21.S=c1[nH]cc(CC2CC=CC2)[nH]1. The van der Waals surface area contributed by atoms with E-state index in [9.17, 15) is 49.9 Å². The first-order valence-corrected chi connectivity index (χ1v) is 44.0. The van der Waals surface area contributed by atoms with E-state index in [4.69, 9.17) is 32.8 Å². The number of aldehydes is 1. The topological polar surface area (TPSA) is 242 Å². The molecule has 20 rings (SSSR count). The second kappa shape index (κ2) is 46.0. The van der Waals surface area contributed by atoms with Gasteiger partial charge in [0, 0.05) is 78.1 Å². The van der Waals surface area contributed by atoms with Gasteiger partial charge in [0.25, 0.3) is 0 Å². The summed E-state index contributed by atoms with van der Waals surface area (Å²) in [5.41, 5.74) is 17.6. The summed E-state index contributed by atoms with van der Waals surface area (Å²) in [6, 6.07) is 34.9. The van der Waals surface area contributed by atoms with E-state index in [1.54, 1.807) is 67.3 Å². The number of aliphatic carboxylic acids is 2. The smallest absolute Gasteiger partial charge is 0.310 e. The molecule has 1 aliphatic heterocycles. The number of allylic oxidation sites excluding steroid dienone is 4. The molecule has 3 aromatic heterocycles. The van der Waals surface area contributed by atoms with Crippen LogP contribution in [0.3, 0.4) is 0 Å². The quantitative estimate of drug-likeness (QED) is 0.0261. The van der Waals surface area contributed by atoms with E-state index < -0.39 is 23.8 Å². The number of hydrogen-bond acceptors (Lipinski definition) is 11. The van der Waals surface area contributed by atoms with E-state index in [1.165, 1.54) is 131 Å². The molecule has 1 fully saturated rings. The number of imidazole rings is 3. The number of hydrogen-bond donors (Lipinski definition) is 7. The average Bonchev–Trinajstić information content (AvgIpc) is 1.67. The number of nitrogens with one attached hydrogen (secondary N) is 4. The van der Waals surface area contributed by atoms with Gasteiger partial charge < -0.3 is 40.1 Å². The molecule has 24 heteroatoms. The molecule has 120 heavy (non-hydrogen) atoms. The van der Waals surface area contributed by atoms with Crippen LogP contribution in [0, 0.1) is 68.7 Å². The van der Waals surface area contributed by atoms with Crippen molar-refractivity contribution in [1.82, 2.24) is 29.9 Å². The number of carbonyl (C=O) groups excluding carboxylic acids is 2. The Hall–Kier alpha value is -10.2. The number of fused-ring (bicyclic) bond motifs is 7. The van der Waals surface area contributed by atoms with Gasteiger partial charge in [-0.15, -0.1) is 0 Å². The van der Waals surface area contributed by atoms with Crippen molar-refractivity contribution >= 4 is 59.7 Å². The van der Waals surface area contributed by atoms with Crippen molar-refractivity contribution in [3.63, 3.8) is 0 Å². The zero-order valence-corrected chi connectivity index (χ0v) is 69.5. The van der Waals surface area contributed by atoms with Crippen molar-refractivity contribution in [2.75, 3.05) is 23.2 Å². The third kappa shape index (κ3) is 26.7. The number of aromatic amines is 4. The van der Waals surface area contributed by atoms with Crippen LogP contribution in [0.1, 0.15) is 225 Å². The van der Waals surface area contributed by atoms with Crippen LogP contribution >= 0.6 is 35.7 Å². The lowest BCUT2D eigenvalue weighted by Crippen LogP contribution is -2.07. The molecule has 10 aromatic rings. The van der Waals surface area contributed by atoms with Gasteiger partial charge in [0.05, 0.1) is 30.6 Å². The molecule has 6 atom stereocenters. The molecular formula is C96H102F7N7O7S3. The van der Waals surface area contributed by atoms with Gasteiger partial charge in [-0.3, -0.25) is 14.4 Å². The molecule has 14 nitrogen and oxygen atoms in total. The summed E-state index contributed by atoms with van der Waals surface area (Å²) >= 11 is 9.06. The minimum atomic E-state index is -0.814. The number of ketones is 1.